The summed E-state index contributed by atoms with van der Waals surface area (Å²) >= 11 is 4.52. The number of nitro benzene ring substituents is 1. The fourth-order valence-corrected chi connectivity index (χ4v) is 7.35. The van der Waals surface area contributed by atoms with Crippen LogP contribution in [0.3, 0.4) is 0 Å². The molecule has 5 aromatic rings. The number of carbonyl (C=O) groups is 1. The Morgan fingerprint density at radius 2 is 1.70 bits per heavy atom. The molecule has 14 heteroatoms. The monoisotopic (exact) mass is 681 g/mol. The molecule has 0 aliphatic carbocycles. The van der Waals surface area contributed by atoms with Gasteiger partial charge in [-0.2, -0.15) is 0 Å². The lowest BCUT2D eigenvalue weighted by atomic mass is 10.1. The Morgan fingerprint density at radius 3 is 2.32 bits per heavy atom. The van der Waals surface area contributed by atoms with Crippen molar-refractivity contribution in [1.29, 1.82) is 0 Å². The Bertz CT molecular complexity index is 2040. The first-order valence-corrected chi connectivity index (χ1v) is 15.4. The Hall–Kier alpha value is -4.56. The van der Waals surface area contributed by atoms with E-state index in [1.807, 2.05) is 0 Å². The van der Waals surface area contributed by atoms with Gasteiger partial charge in [-0.25, -0.2) is 23.1 Å². The maximum Gasteiger partial charge on any atom is 0.337 e. The number of anilines is 1. The molecule has 4 heterocycles. The maximum atomic E-state index is 14.8. The summed E-state index contributed by atoms with van der Waals surface area (Å²) in [6.45, 7) is -0.00309. The fraction of sp³-hybridized carbons (Fsp3) is 0.200. The number of carbonyl (C=O) groups excluding carboxylic acids is 1. The van der Waals surface area contributed by atoms with Crippen molar-refractivity contribution < 1.29 is 18.5 Å². The lowest BCUT2D eigenvalue weighted by Crippen LogP contribution is -2.39. The highest BCUT2D eigenvalue weighted by Crippen LogP contribution is 2.39. The van der Waals surface area contributed by atoms with Gasteiger partial charge in [0.2, 0.25) is 5.91 Å². The summed E-state index contributed by atoms with van der Waals surface area (Å²) in [6, 6.07) is 12.2. The molecule has 2 aromatic carbocycles. The summed E-state index contributed by atoms with van der Waals surface area (Å²) in [4.78, 5) is 57.9. The van der Waals surface area contributed by atoms with Crippen LogP contribution in [0, 0.1) is 21.7 Å². The number of hydrogen-bond donors (Lipinski definition) is 0. The summed E-state index contributed by atoms with van der Waals surface area (Å²) in [5, 5.41) is 11.5. The Balaban J connectivity index is 1.59. The third-order valence-corrected chi connectivity index (χ3v) is 9.38. The minimum absolute atomic E-state index is 0.0663. The number of hydrogen-bond acceptors (Lipinski definition) is 7. The van der Waals surface area contributed by atoms with E-state index in [4.69, 9.17) is 0 Å². The molecule has 0 radical (unpaired) electrons. The fourth-order valence-electron chi connectivity index (χ4n) is 5.29. The molecule has 1 amide bonds. The molecule has 0 bridgehead atoms. The van der Waals surface area contributed by atoms with Gasteiger partial charge in [0.25, 0.3) is 11.2 Å². The molecule has 10 nitrogen and oxygen atoms in total. The summed E-state index contributed by atoms with van der Waals surface area (Å²) in [5.41, 5.74) is -0.810. The number of piperidine rings is 1. The topological polar surface area (TPSA) is 120 Å². The lowest BCUT2D eigenvalue weighted by molar-refractivity contribution is -0.384. The van der Waals surface area contributed by atoms with Crippen LogP contribution in [-0.2, 0) is 16.7 Å². The van der Waals surface area contributed by atoms with Crippen LogP contribution in [0.2, 0.25) is 0 Å². The Morgan fingerprint density at radius 1 is 0.977 bits per heavy atom. The van der Waals surface area contributed by atoms with E-state index in [-0.39, 0.29) is 38.4 Å². The van der Waals surface area contributed by atoms with Crippen LogP contribution in [0.15, 0.2) is 70.4 Å². The van der Waals surface area contributed by atoms with Crippen LogP contribution in [0.25, 0.3) is 26.3 Å². The van der Waals surface area contributed by atoms with Gasteiger partial charge in [0.15, 0.2) is 0 Å². The van der Waals surface area contributed by atoms with E-state index >= 15 is 0 Å². The molecular weight excluding hydrogens is 660 g/mol. The Kier molecular flexibility index (Phi) is 7.95. The number of amides is 1. The molecule has 0 unspecified atom stereocenters. The number of nitro groups is 1. The number of non-ortho nitro benzene ring substituents is 1. The molecule has 0 atom stereocenters. The van der Waals surface area contributed by atoms with Crippen molar-refractivity contribution in [1.82, 2.24) is 14.1 Å². The van der Waals surface area contributed by atoms with Crippen LogP contribution in [0.5, 0.6) is 0 Å². The average Bonchev–Trinajstić information content (AvgIpc) is 3.41. The SMILES string of the molecule is O=C1CCCCN1c1ccc(-n2c(=O)c3c(CBr)c(-c4ccc([N+](=O)[O-])cc4)sc3n(Cc3c(F)cccc3F)c2=O)cn1. The van der Waals surface area contributed by atoms with Crippen molar-refractivity contribution in [2.45, 2.75) is 31.1 Å². The van der Waals surface area contributed by atoms with Gasteiger partial charge in [-0.1, -0.05) is 22.0 Å². The van der Waals surface area contributed by atoms with E-state index in [2.05, 4.69) is 20.9 Å². The largest absolute Gasteiger partial charge is 0.337 e. The molecule has 1 saturated heterocycles. The molecule has 0 saturated carbocycles. The number of thiophene rings is 1. The summed E-state index contributed by atoms with van der Waals surface area (Å²) in [7, 11) is 0. The molecule has 6 rings (SSSR count). The first-order chi connectivity index (χ1) is 21.2. The van der Waals surface area contributed by atoms with Gasteiger partial charge in [0.1, 0.15) is 22.3 Å². The third kappa shape index (κ3) is 5.13. The normalized spacial score (nSPS) is 13.5. The molecule has 1 fully saturated rings. The summed E-state index contributed by atoms with van der Waals surface area (Å²) in [5.74, 6) is -1.39. The van der Waals surface area contributed by atoms with E-state index in [0.717, 1.165) is 45.4 Å². The van der Waals surface area contributed by atoms with E-state index in [0.29, 0.717) is 34.8 Å². The van der Waals surface area contributed by atoms with Gasteiger partial charge >= 0.3 is 5.69 Å². The molecular formula is C30H22BrF2N5O5S. The van der Waals surface area contributed by atoms with Gasteiger partial charge in [-0.05, 0) is 60.4 Å². The predicted octanol–water partition coefficient (Wildman–Crippen LogP) is 5.92. The third-order valence-electron chi connectivity index (χ3n) is 7.52. The van der Waals surface area contributed by atoms with Crippen LogP contribution in [-0.4, -0.2) is 31.5 Å². The van der Waals surface area contributed by atoms with Crippen molar-refractivity contribution in [3.05, 3.63) is 115 Å². The summed E-state index contributed by atoms with van der Waals surface area (Å²) in [6.07, 6.45) is 3.34. The van der Waals surface area contributed by atoms with Gasteiger partial charge in [-0.3, -0.25) is 29.2 Å². The van der Waals surface area contributed by atoms with Crippen molar-refractivity contribution in [2.24, 2.45) is 0 Å². The van der Waals surface area contributed by atoms with Gasteiger partial charge < -0.3 is 0 Å². The van der Waals surface area contributed by atoms with Crippen LogP contribution < -0.4 is 16.1 Å². The van der Waals surface area contributed by atoms with E-state index in [9.17, 15) is 33.3 Å². The van der Waals surface area contributed by atoms with Crippen molar-refractivity contribution >= 4 is 54.9 Å². The highest BCUT2D eigenvalue weighted by molar-refractivity contribution is 9.08. The quantitative estimate of drug-likeness (QED) is 0.119. The van der Waals surface area contributed by atoms with Gasteiger partial charge in [0.05, 0.1) is 28.7 Å². The lowest BCUT2D eigenvalue weighted by Gasteiger charge is -2.25. The van der Waals surface area contributed by atoms with Crippen molar-refractivity contribution in [3.63, 3.8) is 0 Å². The number of halogens is 3. The van der Waals surface area contributed by atoms with Gasteiger partial charge in [0, 0.05) is 40.9 Å². The second-order valence-electron chi connectivity index (χ2n) is 10.1. The molecule has 1 aliphatic rings. The molecule has 3 aromatic heterocycles. The number of aromatic nitrogens is 3. The molecule has 224 valence electrons. The second kappa shape index (κ2) is 11.8. The number of rotatable bonds is 7. The predicted molar refractivity (Wildman–Crippen MR) is 166 cm³/mol. The Labute approximate surface area is 260 Å². The number of fused-ring (bicyclic) bond motifs is 1. The van der Waals surface area contributed by atoms with E-state index in [1.165, 1.54) is 42.6 Å². The van der Waals surface area contributed by atoms with E-state index < -0.39 is 34.4 Å². The minimum Gasteiger partial charge on any atom is -0.297 e. The summed E-state index contributed by atoms with van der Waals surface area (Å²) < 4.78 is 31.7. The van der Waals surface area contributed by atoms with Crippen LogP contribution in [0.4, 0.5) is 20.3 Å². The highest BCUT2D eigenvalue weighted by atomic mass is 79.9. The highest BCUT2D eigenvalue weighted by Gasteiger charge is 2.26. The second-order valence-corrected chi connectivity index (χ2v) is 11.7. The average molecular weight is 683 g/mol. The van der Waals surface area contributed by atoms with Crippen LogP contribution >= 0.6 is 27.3 Å². The molecule has 1 aliphatic heterocycles. The standard InChI is InChI=1S/C30H22BrF2N5O5S/c31-14-20-26-28(40)37(19-11-12-24(34-15-19)35-13-2-1-6-25(35)39)30(41)36(16-21-22(32)4-3-5-23(21)33)29(26)44-27(20)17-7-9-18(10-8-17)38(42)43/h3-5,7-12,15H,1-2,6,13-14,16H2. The molecule has 0 N–H and O–H groups in total. The molecule has 0 spiro atoms. The van der Waals surface area contributed by atoms with Crippen LogP contribution in [0.1, 0.15) is 30.4 Å². The maximum absolute atomic E-state index is 14.8. The minimum atomic E-state index is -0.854. The number of pyridine rings is 1. The smallest absolute Gasteiger partial charge is 0.297 e. The number of benzene rings is 2. The zero-order chi connectivity index (χ0) is 31.1. The zero-order valence-electron chi connectivity index (χ0n) is 22.8. The van der Waals surface area contributed by atoms with E-state index in [1.54, 1.807) is 11.0 Å². The first kappa shape index (κ1) is 29.5. The number of nitrogens with zero attached hydrogens (tertiary/aromatic N) is 5. The first-order valence-electron chi connectivity index (χ1n) is 13.5. The van der Waals surface area contributed by atoms with Gasteiger partial charge in [-0.15, -0.1) is 11.3 Å². The molecule has 44 heavy (non-hydrogen) atoms. The number of alkyl halides is 1. The van der Waals surface area contributed by atoms with Crippen molar-refractivity contribution in [2.75, 3.05) is 11.4 Å². The van der Waals surface area contributed by atoms with Crippen molar-refractivity contribution in [3.8, 4) is 16.1 Å². The zero-order valence-corrected chi connectivity index (χ0v) is 25.2.